The molecule has 0 bridgehead atoms. The lowest BCUT2D eigenvalue weighted by atomic mass is 9.86. The number of carbonyl (C=O) groups is 2. The second-order valence-corrected chi connectivity index (χ2v) is 6.28. The van der Waals surface area contributed by atoms with Crippen LogP contribution in [-0.2, 0) is 23.0 Å². The van der Waals surface area contributed by atoms with Crippen LogP contribution in [0.15, 0.2) is 30.5 Å². The summed E-state index contributed by atoms with van der Waals surface area (Å²) < 4.78 is 6.88. The van der Waals surface area contributed by atoms with Gasteiger partial charge in [-0.25, -0.2) is 4.79 Å². The van der Waals surface area contributed by atoms with E-state index in [1.165, 1.54) is 0 Å². The Balaban J connectivity index is 1.91. The molecule has 2 aromatic rings. The molecule has 132 valence electrons. The molecule has 0 saturated carbocycles. The van der Waals surface area contributed by atoms with Gasteiger partial charge in [-0.1, -0.05) is 12.1 Å². The van der Waals surface area contributed by atoms with E-state index >= 15 is 0 Å². The fraction of sp³-hybridized carbons (Fsp3) is 0.421. The summed E-state index contributed by atoms with van der Waals surface area (Å²) in [5.74, 6) is -0.660. The Morgan fingerprint density at radius 2 is 2.12 bits per heavy atom. The van der Waals surface area contributed by atoms with Gasteiger partial charge in [-0.15, -0.1) is 0 Å². The zero-order valence-electron chi connectivity index (χ0n) is 14.9. The Bertz CT molecular complexity index is 797. The Morgan fingerprint density at radius 3 is 2.88 bits per heavy atom. The summed E-state index contributed by atoms with van der Waals surface area (Å²) in [6, 6.07) is 7.05. The number of carbonyl (C=O) groups excluding carboxylic acids is 2. The van der Waals surface area contributed by atoms with E-state index in [0.717, 1.165) is 30.5 Å². The van der Waals surface area contributed by atoms with E-state index < -0.39 is 5.97 Å². The monoisotopic (exact) mass is 341 g/mol. The normalized spacial score (nSPS) is 16.2. The van der Waals surface area contributed by atoms with Gasteiger partial charge in [0.05, 0.1) is 29.5 Å². The maximum Gasteiger partial charge on any atom is 0.340 e. The van der Waals surface area contributed by atoms with Gasteiger partial charge in [0.2, 0.25) is 5.91 Å². The van der Waals surface area contributed by atoms with Gasteiger partial charge >= 0.3 is 5.97 Å². The summed E-state index contributed by atoms with van der Waals surface area (Å²) >= 11 is 0. The summed E-state index contributed by atoms with van der Waals surface area (Å²) in [6.45, 7) is 2.06. The van der Waals surface area contributed by atoms with Crippen LogP contribution in [0, 0.1) is 0 Å². The average molecular weight is 341 g/mol. The van der Waals surface area contributed by atoms with Gasteiger partial charge in [0.15, 0.2) is 0 Å². The number of aryl methyl sites for hydroxylation is 2. The molecule has 25 heavy (non-hydrogen) atoms. The van der Waals surface area contributed by atoms with Crippen LogP contribution in [0.3, 0.4) is 0 Å². The summed E-state index contributed by atoms with van der Waals surface area (Å²) in [5, 5.41) is 4.46. The number of para-hydroxylation sites is 1. The summed E-state index contributed by atoms with van der Waals surface area (Å²) in [4.78, 5) is 26.9. The zero-order valence-corrected chi connectivity index (χ0v) is 14.9. The predicted octanol–water partition coefficient (Wildman–Crippen LogP) is 2.68. The minimum atomic E-state index is -0.413. The van der Waals surface area contributed by atoms with Crippen LogP contribution < -0.4 is 4.90 Å². The number of hydrogen-bond acceptors (Lipinski definition) is 4. The van der Waals surface area contributed by atoms with E-state index in [-0.39, 0.29) is 11.8 Å². The number of aromatic nitrogens is 2. The van der Waals surface area contributed by atoms with Gasteiger partial charge < -0.3 is 9.64 Å². The fourth-order valence-corrected chi connectivity index (χ4v) is 3.42. The summed E-state index contributed by atoms with van der Waals surface area (Å²) in [5.41, 5.74) is 2.97. The second-order valence-electron chi connectivity index (χ2n) is 6.28. The van der Waals surface area contributed by atoms with Crippen molar-refractivity contribution in [3.05, 3.63) is 47.3 Å². The third-order valence-electron chi connectivity index (χ3n) is 4.61. The number of ether oxygens (including phenoxy) is 1. The molecule has 0 unspecified atom stereocenters. The van der Waals surface area contributed by atoms with Crippen LogP contribution in [0.25, 0.3) is 0 Å². The van der Waals surface area contributed by atoms with Crippen LogP contribution in [-0.4, -0.2) is 35.3 Å². The lowest BCUT2D eigenvalue weighted by Gasteiger charge is -2.27. The molecule has 1 atom stereocenters. The van der Waals surface area contributed by atoms with Crippen molar-refractivity contribution < 1.29 is 14.3 Å². The minimum absolute atomic E-state index is 0.0225. The molecular weight excluding hydrogens is 318 g/mol. The van der Waals surface area contributed by atoms with E-state index in [4.69, 9.17) is 4.74 Å². The fourth-order valence-electron chi connectivity index (χ4n) is 3.42. The van der Waals surface area contributed by atoms with Crippen LogP contribution in [0.5, 0.6) is 0 Å². The van der Waals surface area contributed by atoms with Gasteiger partial charge in [-0.2, -0.15) is 5.10 Å². The molecule has 1 heterocycles. The maximum absolute atomic E-state index is 13.1. The first-order chi connectivity index (χ1) is 12.0. The number of esters is 1. The van der Waals surface area contributed by atoms with Gasteiger partial charge in [0, 0.05) is 25.9 Å². The molecule has 1 amide bonds. The smallest absolute Gasteiger partial charge is 0.340 e. The van der Waals surface area contributed by atoms with Gasteiger partial charge in [-0.05, 0) is 38.3 Å². The molecule has 0 saturated heterocycles. The molecular formula is C19H23N3O3. The third kappa shape index (κ3) is 3.29. The number of fused-ring (bicyclic) bond motifs is 1. The number of benzene rings is 1. The lowest BCUT2D eigenvalue weighted by molar-refractivity contribution is -0.120. The summed E-state index contributed by atoms with van der Waals surface area (Å²) in [6.07, 6.45) is 4.57. The predicted molar refractivity (Wildman–Crippen MR) is 94.7 cm³/mol. The molecule has 6 nitrogen and oxygen atoms in total. The van der Waals surface area contributed by atoms with E-state index in [2.05, 4.69) is 5.10 Å². The van der Waals surface area contributed by atoms with Gasteiger partial charge in [0.25, 0.3) is 0 Å². The Labute approximate surface area is 147 Å². The highest BCUT2D eigenvalue weighted by molar-refractivity contribution is 6.04. The Hall–Kier alpha value is -2.63. The van der Waals surface area contributed by atoms with Gasteiger partial charge in [0.1, 0.15) is 0 Å². The third-order valence-corrected chi connectivity index (χ3v) is 4.61. The second kappa shape index (κ2) is 7.09. The highest BCUT2D eigenvalue weighted by Crippen LogP contribution is 2.33. The molecule has 0 spiro atoms. The molecule has 1 aliphatic rings. The zero-order chi connectivity index (χ0) is 18.0. The quantitative estimate of drug-likeness (QED) is 0.802. The lowest BCUT2D eigenvalue weighted by Crippen LogP contribution is -2.34. The van der Waals surface area contributed by atoms with Crippen LogP contribution in [0.1, 0.15) is 47.3 Å². The highest BCUT2D eigenvalue weighted by atomic mass is 16.5. The van der Waals surface area contributed by atoms with Crippen molar-refractivity contribution in [2.24, 2.45) is 7.05 Å². The summed E-state index contributed by atoms with van der Waals surface area (Å²) in [7, 11) is 3.59. The number of hydrogen-bond donors (Lipinski definition) is 0. The van der Waals surface area contributed by atoms with E-state index in [1.54, 1.807) is 41.8 Å². The molecule has 3 rings (SSSR count). The SMILES string of the molecule is CCOC(=O)c1ccccc1N(C)C(=O)[C@H]1CCCc2nn(C)cc21. The molecule has 6 heteroatoms. The van der Waals surface area contributed by atoms with Crippen molar-refractivity contribution >= 4 is 17.6 Å². The Kier molecular flexibility index (Phi) is 4.88. The van der Waals surface area contributed by atoms with Crippen molar-refractivity contribution in [1.29, 1.82) is 0 Å². The van der Waals surface area contributed by atoms with E-state index in [9.17, 15) is 9.59 Å². The van der Waals surface area contributed by atoms with Crippen molar-refractivity contribution in [2.45, 2.75) is 32.1 Å². The number of anilines is 1. The standard InChI is InChI=1S/C19H23N3O3/c1-4-25-19(24)14-8-5-6-11-17(14)22(3)18(23)13-9-7-10-16-15(13)12-21(2)20-16/h5-6,8,11-13H,4,7,9-10H2,1-3H3/t13-/m0/s1. The maximum atomic E-state index is 13.1. The first kappa shape index (κ1) is 17.2. The number of amides is 1. The molecule has 0 radical (unpaired) electrons. The molecule has 1 aromatic carbocycles. The topological polar surface area (TPSA) is 64.4 Å². The largest absolute Gasteiger partial charge is 0.462 e. The molecule has 0 N–H and O–H groups in total. The van der Waals surface area contributed by atoms with Crippen LogP contribution in [0.4, 0.5) is 5.69 Å². The molecule has 0 fully saturated rings. The number of rotatable bonds is 4. The van der Waals surface area contributed by atoms with Crippen molar-refractivity contribution in [1.82, 2.24) is 9.78 Å². The first-order valence-corrected chi connectivity index (χ1v) is 8.59. The van der Waals surface area contributed by atoms with Crippen LogP contribution in [0.2, 0.25) is 0 Å². The number of nitrogens with zero attached hydrogens (tertiary/aromatic N) is 3. The van der Waals surface area contributed by atoms with Crippen molar-refractivity contribution in [3.8, 4) is 0 Å². The molecule has 1 aromatic heterocycles. The first-order valence-electron chi connectivity index (χ1n) is 8.59. The van der Waals surface area contributed by atoms with Gasteiger partial charge in [-0.3, -0.25) is 9.48 Å². The van der Waals surface area contributed by atoms with Crippen molar-refractivity contribution in [3.63, 3.8) is 0 Å². The van der Waals surface area contributed by atoms with E-state index in [1.807, 2.05) is 19.3 Å². The van der Waals surface area contributed by atoms with Crippen molar-refractivity contribution in [2.75, 3.05) is 18.6 Å². The minimum Gasteiger partial charge on any atom is -0.462 e. The highest BCUT2D eigenvalue weighted by Gasteiger charge is 2.32. The van der Waals surface area contributed by atoms with Crippen LogP contribution >= 0.6 is 0 Å². The van der Waals surface area contributed by atoms with E-state index in [0.29, 0.717) is 17.9 Å². The number of likely N-dealkylation sites (N-methyl/N-ethyl adjacent to an activating group) is 1. The Morgan fingerprint density at radius 1 is 1.36 bits per heavy atom. The average Bonchev–Trinajstić information content (AvgIpc) is 3.00. The molecule has 1 aliphatic carbocycles. The molecule has 0 aliphatic heterocycles.